The molecule has 28 heavy (non-hydrogen) atoms. The monoisotopic (exact) mass is 540 g/mol. The summed E-state index contributed by atoms with van der Waals surface area (Å²) in [5.74, 6) is 3.11. The number of anilines is 1. The summed E-state index contributed by atoms with van der Waals surface area (Å²) in [4.78, 5) is 13.9. The third kappa shape index (κ3) is 6.09. The Bertz CT molecular complexity index is 609. The molecule has 0 spiro atoms. The number of aryl methyl sites for hydroxylation is 1. The zero-order valence-corrected chi connectivity index (χ0v) is 21.1. The molecule has 0 radical (unpaired) electrons. The lowest BCUT2D eigenvalue weighted by atomic mass is 9.99. The lowest BCUT2D eigenvalue weighted by Gasteiger charge is -2.40. The average molecular weight is 541 g/mol. The topological polar surface area (TPSA) is 65.9 Å². The molecule has 7 nitrogen and oxygen atoms in total. The largest absolute Gasteiger partial charge is 0.381 e. The Morgan fingerprint density at radius 2 is 1.96 bits per heavy atom. The normalized spacial score (nSPS) is 20.0. The maximum absolute atomic E-state index is 5.59. The maximum atomic E-state index is 5.59. The van der Waals surface area contributed by atoms with Crippen molar-refractivity contribution in [3.05, 3.63) is 5.82 Å². The van der Waals surface area contributed by atoms with Crippen LogP contribution in [0.2, 0.25) is 0 Å². The number of nitrogens with one attached hydrogen (secondary N) is 1. The molecule has 0 aromatic carbocycles. The number of ether oxygens (including phenoxy) is 1. The smallest absolute Gasteiger partial charge is 0.205 e. The Morgan fingerprint density at radius 1 is 1.25 bits per heavy atom. The van der Waals surface area contributed by atoms with Crippen molar-refractivity contribution in [3.8, 4) is 0 Å². The van der Waals surface area contributed by atoms with Gasteiger partial charge in [-0.05, 0) is 18.6 Å². The second-order valence-corrected chi connectivity index (χ2v) is 9.41. The maximum Gasteiger partial charge on any atom is 0.205 e. The van der Waals surface area contributed by atoms with E-state index in [0.29, 0.717) is 0 Å². The average Bonchev–Trinajstić information content (AvgIpc) is 3.19. The van der Waals surface area contributed by atoms with E-state index in [-0.39, 0.29) is 28.7 Å². The van der Waals surface area contributed by atoms with Crippen molar-refractivity contribution in [1.82, 2.24) is 19.6 Å². The zero-order chi connectivity index (χ0) is 19.1. The quantitative estimate of drug-likeness (QED) is 0.338. The molecule has 0 bridgehead atoms. The fourth-order valence-electron chi connectivity index (χ4n) is 3.62. The summed E-state index contributed by atoms with van der Waals surface area (Å²) in [7, 11) is 1.89. The number of piperazine rings is 1. The molecule has 3 rings (SSSR count). The summed E-state index contributed by atoms with van der Waals surface area (Å²) in [6.07, 6.45) is 3.12. The number of aliphatic imine (C=N–C) groups is 1. The van der Waals surface area contributed by atoms with E-state index in [1.54, 1.807) is 0 Å². The zero-order valence-electron chi connectivity index (χ0n) is 17.1. The number of guanidine groups is 1. The van der Waals surface area contributed by atoms with Crippen molar-refractivity contribution < 1.29 is 4.74 Å². The van der Waals surface area contributed by atoms with Crippen molar-refractivity contribution in [3.63, 3.8) is 0 Å². The first kappa shape index (κ1) is 23.9. The summed E-state index contributed by atoms with van der Waals surface area (Å²) in [5, 5.41) is 4.71. The molecular weight excluding hydrogens is 507 g/mol. The molecule has 1 aromatic rings. The molecule has 10 heteroatoms. The van der Waals surface area contributed by atoms with Gasteiger partial charge in [-0.25, -0.2) is 4.98 Å². The fraction of sp³-hybridized carbons (Fsp3) is 0.833. The van der Waals surface area contributed by atoms with Crippen molar-refractivity contribution >= 4 is 58.4 Å². The van der Waals surface area contributed by atoms with E-state index in [1.165, 1.54) is 11.5 Å². The molecule has 0 amide bonds. The molecule has 2 fully saturated rings. The molecule has 3 heterocycles. The highest BCUT2D eigenvalue weighted by molar-refractivity contribution is 14.0. The summed E-state index contributed by atoms with van der Waals surface area (Å²) in [6.45, 7) is 10.9. The van der Waals surface area contributed by atoms with Crippen LogP contribution in [0.4, 0.5) is 5.13 Å². The lowest BCUT2D eigenvalue weighted by Crippen LogP contribution is -2.55. The predicted molar refractivity (Wildman–Crippen MR) is 131 cm³/mol. The molecular formula is C18H33IN6OS2. The van der Waals surface area contributed by atoms with Gasteiger partial charge in [0.2, 0.25) is 5.13 Å². The molecule has 0 aliphatic carbocycles. The van der Waals surface area contributed by atoms with Gasteiger partial charge in [-0.1, -0.05) is 13.8 Å². The lowest BCUT2D eigenvalue weighted by molar-refractivity contribution is 0.0780. The number of hydrogen-bond acceptors (Lipinski definition) is 7. The van der Waals surface area contributed by atoms with Gasteiger partial charge in [-0.3, -0.25) is 4.99 Å². The Kier molecular flexibility index (Phi) is 10.1. The minimum absolute atomic E-state index is 0. The van der Waals surface area contributed by atoms with Crippen LogP contribution in [0.5, 0.6) is 0 Å². The van der Waals surface area contributed by atoms with E-state index >= 15 is 0 Å². The molecule has 2 saturated heterocycles. The van der Waals surface area contributed by atoms with Crippen molar-refractivity contribution in [2.75, 3.05) is 63.6 Å². The molecule has 2 aliphatic heterocycles. The van der Waals surface area contributed by atoms with Gasteiger partial charge in [0.1, 0.15) is 5.82 Å². The highest BCUT2D eigenvalue weighted by Gasteiger charge is 2.33. The Hall–Kier alpha value is -0.330. The number of hydrogen-bond donors (Lipinski definition) is 1. The molecule has 2 aliphatic rings. The number of halogens is 1. The second kappa shape index (κ2) is 11.8. The number of thioether (sulfide) groups is 1. The minimum atomic E-state index is 0. The summed E-state index contributed by atoms with van der Waals surface area (Å²) >= 11 is 3.58. The molecule has 0 atom stereocenters. The predicted octanol–water partition coefficient (Wildman–Crippen LogP) is 2.72. The first-order valence-electron chi connectivity index (χ1n) is 9.94. The van der Waals surface area contributed by atoms with Crippen LogP contribution in [-0.2, 0) is 11.2 Å². The number of rotatable bonds is 6. The number of nitrogens with zero attached hydrogens (tertiary/aromatic N) is 5. The van der Waals surface area contributed by atoms with E-state index in [2.05, 4.69) is 55.1 Å². The Labute approximate surface area is 194 Å². The third-order valence-electron chi connectivity index (χ3n) is 5.26. The van der Waals surface area contributed by atoms with Crippen LogP contribution < -0.4 is 10.2 Å². The van der Waals surface area contributed by atoms with Crippen LogP contribution in [0.3, 0.4) is 0 Å². The van der Waals surface area contributed by atoms with E-state index in [9.17, 15) is 0 Å². The van der Waals surface area contributed by atoms with Crippen LogP contribution in [0, 0.1) is 0 Å². The third-order valence-corrected chi connectivity index (χ3v) is 7.53. The van der Waals surface area contributed by atoms with Gasteiger partial charge in [0.15, 0.2) is 5.96 Å². The van der Waals surface area contributed by atoms with Crippen LogP contribution >= 0.6 is 47.3 Å². The molecule has 1 aromatic heterocycles. The fourth-order valence-corrected chi connectivity index (χ4v) is 5.66. The standard InChI is InChI=1S/C18H32N6OS2.HI/c1-4-15-21-17(27-22-15)24-10-8-23(9-11-24)16(19-3)20-14-18(26-5-2)6-12-25-13-7-18;/h4-14H2,1-3H3,(H,19,20);1H. The summed E-state index contributed by atoms with van der Waals surface area (Å²) in [5.41, 5.74) is 0. The van der Waals surface area contributed by atoms with Crippen molar-refractivity contribution in [1.29, 1.82) is 0 Å². The SMILES string of the molecule is CCSC1(CNC(=NC)N2CCN(c3nc(CC)ns3)CC2)CCOCC1.I. The van der Waals surface area contributed by atoms with Crippen LogP contribution in [0.1, 0.15) is 32.5 Å². The summed E-state index contributed by atoms with van der Waals surface area (Å²) < 4.78 is 10.3. The van der Waals surface area contributed by atoms with Gasteiger partial charge in [0.05, 0.1) is 0 Å². The highest BCUT2D eigenvalue weighted by atomic mass is 127. The highest BCUT2D eigenvalue weighted by Crippen LogP contribution is 2.34. The van der Waals surface area contributed by atoms with E-state index in [1.807, 2.05) is 7.05 Å². The van der Waals surface area contributed by atoms with Crippen molar-refractivity contribution in [2.24, 2.45) is 4.99 Å². The molecule has 0 saturated carbocycles. The van der Waals surface area contributed by atoms with Gasteiger partial charge in [0, 0.05) is 75.7 Å². The number of aromatic nitrogens is 2. The van der Waals surface area contributed by atoms with Crippen LogP contribution in [-0.4, -0.2) is 83.7 Å². The van der Waals surface area contributed by atoms with Gasteiger partial charge >= 0.3 is 0 Å². The van der Waals surface area contributed by atoms with Gasteiger partial charge in [-0.2, -0.15) is 16.1 Å². The molecule has 160 valence electrons. The van der Waals surface area contributed by atoms with E-state index in [4.69, 9.17) is 4.74 Å². The molecule has 1 N–H and O–H groups in total. The second-order valence-electron chi connectivity index (χ2n) is 6.95. The molecule has 0 unspecified atom stereocenters. The summed E-state index contributed by atoms with van der Waals surface area (Å²) in [6, 6.07) is 0. The Morgan fingerprint density at radius 3 is 2.54 bits per heavy atom. The first-order chi connectivity index (χ1) is 13.2. The Balaban J connectivity index is 0.00000280. The van der Waals surface area contributed by atoms with Gasteiger partial charge in [-0.15, -0.1) is 24.0 Å². The minimum Gasteiger partial charge on any atom is -0.381 e. The van der Waals surface area contributed by atoms with Gasteiger partial charge < -0.3 is 19.9 Å². The first-order valence-corrected chi connectivity index (χ1v) is 11.7. The van der Waals surface area contributed by atoms with E-state index in [0.717, 1.165) is 87.9 Å². The van der Waals surface area contributed by atoms with Crippen molar-refractivity contribution in [2.45, 2.75) is 37.9 Å². The van der Waals surface area contributed by atoms with Crippen LogP contribution in [0.25, 0.3) is 0 Å². The van der Waals surface area contributed by atoms with Crippen LogP contribution in [0.15, 0.2) is 4.99 Å². The van der Waals surface area contributed by atoms with Gasteiger partial charge in [0.25, 0.3) is 0 Å². The van der Waals surface area contributed by atoms with E-state index < -0.39 is 0 Å².